The van der Waals surface area contributed by atoms with Crippen molar-refractivity contribution in [2.45, 2.75) is 50.2 Å². The number of aromatic nitrogens is 2. The van der Waals surface area contributed by atoms with Crippen molar-refractivity contribution in [2.24, 2.45) is 5.73 Å². The topological polar surface area (TPSA) is 116 Å². The Balaban J connectivity index is 1.19. The predicted molar refractivity (Wildman–Crippen MR) is 161 cm³/mol. The molecule has 1 saturated heterocycles. The molecule has 3 heterocycles. The molecule has 2 atom stereocenters. The lowest BCUT2D eigenvalue weighted by molar-refractivity contribution is -0.123. The Morgan fingerprint density at radius 2 is 1.88 bits per heavy atom. The van der Waals surface area contributed by atoms with E-state index in [0.717, 1.165) is 40.6 Å². The highest BCUT2D eigenvalue weighted by Crippen LogP contribution is 2.43. The number of fused-ring (bicyclic) bond motifs is 3. The number of piperidine rings is 1. The first-order valence-corrected chi connectivity index (χ1v) is 14.3. The van der Waals surface area contributed by atoms with E-state index in [1.54, 1.807) is 6.20 Å². The second-order valence-corrected chi connectivity index (χ2v) is 11.1. The number of benzene rings is 2. The molecule has 210 valence electrons. The van der Waals surface area contributed by atoms with Crippen LogP contribution in [-0.4, -0.2) is 45.9 Å². The van der Waals surface area contributed by atoms with E-state index in [9.17, 15) is 9.59 Å². The van der Waals surface area contributed by atoms with Crippen molar-refractivity contribution in [3.05, 3.63) is 107 Å². The molecule has 0 radical (unpaired) electrons. The minimum atomic E-state index is -0.776. The van der Waals surface area contributed by atoms with Crippen LogP contribution in [0.15, 0.2) is 79.1 Å². The van der Waals surface area contributed by atoms with Crippen molar-refractivity contribution < 1.29 is 9.59 Å². The highest BCUT2D eigenvalue weighted by atomic mass is 16.2. The van der Waals surface area contributed by atoms with E-state index in [1.165, 1.54) is 11.1 Å². The number of carbonyl (C=O) groups is 2. The number of nitrogens with one attached hydrogen (secondary N) is 3. The number of pyridine rings is 1. The molecular formula is C33H36N6O2. The fourth-order valence-corrected chi connectivity index (χ4v) is 6.31. The highest BCUT2D eigenvalue weighted by Gasteiger charge is 2.40. The Bertz CT molecular complexity index is 1600. The van der Waals surface area contributed by atoms with Crippen LogP contribution in [0, 0.1) is 0 Å². The molecule has 3 amide bonds. The van der Waals surface area contributed by atoms with Crippen molar-refractivity contribution in [2.75, 3.05) is 13.1 Å². The van der Waals surface area contributed by atoms with Crippen LogP contribution in [-0.2, 0) is 23.3 Å². The lowest BCUT2D eigenvalue weighted by atomic mass is 9.74. The first-order chi connectivity index (χ1) is 20.0. The number of urea groups is 1. The van der Waals surface area contributed by atoms with Gasteiger partial charge >= 0.3 is 6.03 Å². The minimum Gasteiger partial charge on any atom is -0.361 e. The van der Waals surface area contributed by atoms with Crippen LogP contribution in [0.4, 0.5) is 4.79 Å². The lowest BCUT2D eigenvalue weighted by Gasteiger charge is -2.40. The van der Waals surface area contributed by atoms with Crippen LogP contribution in [0.2, 0.25) is 0 Å². The van der Waals surface area contributed by atoms with Gasteiger partial charge in [0.25, 0.3) is 0 Å². The number of nitrogens with zero attached hydrogens (tertiary/aromatic N) is 2. The molecule has 1 aliphatic carbocycles. The molecule has 4 aromatic rings. The first-order valence-electron chi connectivity index (χ1n) is 14.3. The fourth-order valence-electron chi connectivity index (χ4n) is 6.31. The van der Waals surface area contributed by atoms with Crippen LogP contribution < -0.4 is 16.4 Å². The van der Waals surface area contributed by atoms with Crippen LogP contribution in [0.25, 0.3) is 17.0 Å². The number of hydrogen-bond donors (Lipinski definition) is 4. The number of para-hydroxylation sites is 1. The lowest BCUT2D eigenvalue weighted by Crippen LogP contribution is -2.55. The summed E-state index contributed by atoms with van der Waals surface area (Å²) in [5, 5.41) is 7.14. The highest BCUT2D eigenvalue weighted by molar-refractivity contribution is 5.90. The zero-order valence-corrected chi connectivity index (χ0v) is 23.3. The molecule has 1 spiro atoms. The second-order valence-electron chi connectivity index (χ2n) is 11.1. The van der Waals surface area contributed by atoms with Gasteiger partial charge in [-0.3, -0.25) is 9.78 Å². The van der Waals surface area contributed by atoms with Crippen LogP contribution >= 0.6 is 0 Å². The van der Waals surface area contributed by atoms with E-state index < -0.39 is 6.04 Å². The van der Waals surface area contributed by atoms with E-state index in [-0.39, 0.29) is 29.8 Å². The molecule has 8 nitrogen and oxygen atoms in total. The van der Waals surface area contributed by atoms with Crippen molar-refractivity contribution in [3.63, 3.8) is 0 Å². The van der Waals surface area contributed by atoms with Gasteiger partial charge in [0.2, 0.25) is 5.91 Å². The zero-order valence-electron chi connectivity index (χ0n) is 23.3. The molecule has 1 fully saturated rings. The summed E-state index contributed by atoms with van der Waals surface area (Å²) in [6.07, 6.45) is 9.83. The molecule has 8 heteroatoms. The molecule has 1 aliphatic heterocycles. The number of amides is 3. The Kier molecular flexibility index (Phi) is 7.32. The van der Waals surface area contributed by atoms with Crippen LogP contribution in [0.3, 0.4) is 0 Å². The normalized spacial score (nSPS) is 16.9. The minimum absolute atomic E-state index is 0.0213. The third-order valence-corrected chi connectivity index (χ3v) is 8.76. The summed E-state index contributed by atoms with van der Waals surface area (Å²) < 4.78 is 0. The van der Waals surface area contributed by atoms with Gasteiger partial charge in [0.05, 0.1) is 12.2 Å². The summed E-state index contributed by atoms with van der Waals surface area (Å²) in [4.78, 5) is 36.8. The van der Waals surface area contributed by atoms with Gasteiger partial charge in [0, 0.05) is 54.3 Å². The third-order valence-electron chi connectivity index (χ3n) is 8.76. The number of allylic oxidation sites excluding steroid dienone is 1. The molecule has 0 bridgehead atoms. The van der Waals surface area contributed by atoms with Crippen molar-refractivity contribution >= 4 is 28.9 Å². The Morgan fingerprint density at radius 3 is 2.71 bits per heavy atom. The Labute approximate surface area is 240 Å². The van der Waals surface area contributed by atoms with E-state index in [0.29, 0.717) is 19.6 Å². The maximum Gasteiger partial charge on any atom is 0.318 e. The average Bonchev–Trinajstić information content (AvgIpc) is 3.61. The van der Waals surface area contributed by atoms with Gasteiger partial charge in [-0.15, -0.1) is 0 Å². The van der Waals surface area contributed by atoms with E-state index in [4.69, 9.17) is 5.73 Å². The number of rotatable bonds is 7. The predicted octanol–water partition coefficient (Wildman–Crippen LogP) is 4.58. The summed E-state index contributed by atoms with van der Waals surface area (Å²) in [6, 6.07) is 19.3. The SMILES string of the molecule is C[C@@H](c1c[nH]c2ccccc12)[C@@H](NC(=O)N1CCC2(C=Cc3ccccc32)CC1)C(=O)NCc1cc(CN)ccn1. The summed E-state index contributed by atoms with van der Waals surface area (Å²) in [6.45, 7) is 3.88. The molecule has 0 unspecified atom stereocenters. The third kappa shape index (κ3) is 5.23. The molecule has 2 aliphatic rings. The summed E-state index contributed by atoms with van der Waals surface area (Å²) in [7, 11) is 0. The van der Waals surface area contributed by atoms with Gasteiger partial charge in [-0.25, -0.2) is 4.79 Å². The van der Waals surface area contributed by atoms with Gasteiger partial charge in [-0.1, -0.05) is 61.5 Å². The van der Waals surface area contributed by atoms with Crippen molar-refractivity contribution in [1.82, 2.24) is 25.5 Å². The zero-order chi connectivity index (χ0) is 28.4. The fraction of sp³-hybridized carbons (Fsp3) is 0.303. The average molecular weight is 549 g/mol. The number of H-pyrrole nitrogens is 1. The smallest absolute Gasteiger partial charge is 0.318 e. The molecule has 2 aromatic heterocycles. The number of aromatic amines is 1. The monoisotopic (exact) mass is 548 g/mol. The van der Waals surface area contributed by atoms with Gasteiger partial charge in [0.15, 0.2) is 0 Å². The van der Waals surface area contributed by atoms with Crippen molar-refractivity contribution in [1.29, 1.82) is 0 Å². The van der Waals surface area contributed by atoms with Crippen LogP contribution in [0.1, 0.15) is 53.6 Å². The van der Waals surface area contributed by atoms with Gasteiger partial charge in [0.1, 0.15) is 6.04 Å². The number of nitrogens with two attached hydrogens (primary N) is 1. The molecule has 0 saturated carbocycles. The maximum absolute atomic E-state index is 13.7. The maximum atomic E-state index is 13.7. The largest absolute Gasteiger partial charge is 0.361 e. The van der Waals surface area contributed by atoms with Gasteiger partial charge < -0.3 is 26.3 Å². The number of hydrogen-bond acceptors (Lipinski definition) is 4. The van der Waals surface area contributed by atoms with E-state index in [2.05, 4.69) is 57.0 Å². The second kappa shape index (κ2) is 11.2. The van der Waals surface area contributed by atoms with Crippen LogP contribution in [0.5, 0.6) is 0 Å². The van der Waals surface area contributed by atoms with E-state index in [1.807, 2.05) is 54.4 Å². The van der Waals surface area contributed by atoms with Gasteiger partial charge in [-0.2, -0.15) is 0 Å². The first kappa shape index (κ1) is 26.8. The summed E-state index contributed by atoms with van der Waals surface area (Å²) in [5.74, 6) is -0.531. The van der Waals surface area contributed by atoms with Gasteiger partial charge in [-0.05, 0) is 53.3 Å². The van der Waals surface area contributed by atoms with E-state index >= 15 is 0 Å². The number of likely N-dealkylation sites (tertiary alicyclic amines) is 1. The number of carbonyl (C=O) groups excluding carboxylic acids is 2. The van der Waals surface area contributed by atoms with Crippen molar-refractivity contribution in [3.8, 4) is 0 Å². The summed E-state index contributed by atoms with van der Waals surface area (Å²) in [5.41, 5.74) is 12.0. The Morgan fingerprint density at radius 1 is 1.10 bits per heavy atom. The molecule has 5 N–H and O–H groups in total. The molecule has 6 rings (SSSR count). The molecule has 41 heavy (non-hydrogen) atoms. The molecule has 2 aromatic carbocycles. The standard InChI is InChI=1S/C33H36N6O2/c1-22(27-21-36-29-9-5-3-7-26(27)29)30(31(40)37-20-25-18-23(19-34)11-15-35-25)38-32(41)39-16-13-33(14-17-39)12-10-24-6-2-4-8-28(24)33/h2-12,15,18,21-22,30,36H,13-14,16-17,19-20,34H2,1H3,(H,37,40)(H,38,41)/t22-,30+/m0/s1. The quantitative estimate of drug-likeness (QED) is 0.271. The molecular weight excluding hydrogens is 512 g/mol. The summed E-state index contributed by atoms with van der Waals surface area (Å²) >= 11 is 0. The Hall–Kier alpha value is -4.43.